The van der Waals surface area contributed by atoms with Crippen LogP contribution in [0, 0.1) is 0 Å². The quantitative estimate of drug-likeness (QED) is 0.0261. The topological polar surface area (TPSA) is 78.9 Å². The van der Waals surface area contributed by atoms with Crippen LogP contribution in [0.25, 0.3) is 0 Å². The standard InChI is InChI=1S/C68H112O6/c1-4-7-10-13-16-19-22-25-27-28-29-30-31-32-33-34-35-36-37-38-39-40-42-43-46-49-52-55-58-61-67(70)73-64-65(63-72-66(69)60-57-54-51-48-45-24-21-18-15-12-9-6-3)74-68(71)62-59-56-53-50-47-44-41-26-23-20-17-14-11-8-5-2/h7-8,10-11,16-17,19-20,25-27,29-30,32-33,35-36,41,47,50,65H,4-6,9,12-15,18,21-24,28,31,34,37-40,42-46,48-49,51-64H2,1-3H3/b10-7-,11-8-,19-16-,20-17-,27-25-,30-29-,33-32-,36-35-,41-26-,50-47-. The number of hydrogen-bond acceptors (Lipinski definition) is 6. The van der Waals surface area contributed by atoms with E-state index in [0.717, 1.165) is 116 Å². The van der Waals surface area contributed by atoms with E-state index in [-0.39, 0.29) is 37.5 Å². The average Bonchev–Trinajstić information content (AvgIpc) is 3.40. The Kier molecular flexibility index (Phi) is 57.9. The van der Waals surface area contributed by atoms with Gasteiger partial charge in [0.15, 0.2) is 6.10 Å². The first-order valence-electron chi connectivity index (χ1n) is 30.5. The van der Waals surface area contributed by atoms with Gasteiger partial charge in [0.1, 0.15) is 13.2 Å². The van der Waals surface area contributed by atoms with Gasteiger partial charge in [-0.05, 0) is 109 Å². The largest absolute Gasteiger partial charge is 0.462 e. The van der Waals surface area contributed by atoms with Crippen molar-refractivity contribution in [1.29, 1.82) is 0 Å². The van der Waals surface area contributed by atoms with Crippen molar-refractivity contribution in [1.82, 2.24) is 0 Å². The predicted octanol–water partition coefficient (Wildman–Crippen LogP) is 20.8. The zero-order valence-corrected chi connectivity index (χ0v) is 48.1. The van der Waals surface area contributed by atoms with E-state index in [4.69, 9.17) is 14.2 Å². The van der Waals surface area contributed by atoms with Gasteiger partial charge in [-0.2, -0.15) is 0 Å². The van der Waals surface area contributed by atoms with E-state index in [2.05, 4.69) is 142 Å². The third kappa shape index (κ3) is 58.7. The lowest BCUT2D eigenvalue weighted by atomic mass is 10.0. The van der Waals surface area contributed by atoms with Gasteiger partial charge in [0, 0.05) is 19.3 Å². The summed E-state index contributed by atoms with van der Waals surface area (Å²) < 4.78 is 16.8. The van der Waals surface area contributed by atoms with Gasteiger partial charge < -0.3 is 14.2 Å². The molecule has 0 aliphatic rings. The maximum Gasteiger partial charge on any atom is 0.306 e. The number of unbranched alkanes of at least 4 members (excludes halogenated alkanes) is 23. The lowest BCUT2D eigenvalue weighted by Gasteiger charge is -2.18. The van der Waals surface area contributed by atoms with E-state index in [9.17, 15) is 14.4 Å². The van der Waals surface area contributed by atoms with Crippen molar-refractivity contribution in [2.24, 2.45) is 0 Å². The van der Waals surface area contributed by atoms with Crippen LogP contribution in [-0.2, 0) is 28.6 Å². The van der Waals surface area contributed by atoms with Crippen molar-refractivity contribution in [2.75, 3.05) is 13.2 Å². The summed E-state index contributed by atoms with van der Waals surface area (Å²) in [5.41, 5.74) is 0. The Bertz CT molecular complexity index is 1550. The maximum absolute atomic E-state index is 12.8. The van der Waals surface area contributed by atoms with Crippen LogP contribution in [0.4, 0.5) is 0 Å². The highest BCUT2D eigenvalue weighted by Crippen LogP contribution is 2.15. The highest BCUT2D eigenvalue weighted by molar-refractivity contribution is 5.71. The van der Waals surface area contributed by atoms with Crippen molar-refractivity contribution < 1.29 is 28.6 Å². The van der Waals surface area contributed by atoms with Crippen LogP contribution in [0.2, 0.25) is 0 Å². The summed E-state index contributed by atoms with van der Waals surface area (Å²) in [4.78, 5) is 38.2. The van der Waals surface area contributed by atoms with Crippen LogP contribution >= 0.6 is 0 Å². The molecule has 0 aromatic rings. The Balaban J connectivity index is 4.30. The van der Waals surface area contributed by atoms with Gasteiger partial charge in [-0.3, -0.25) is 14.4 Å². The Morgan fingerprint density at radius 2 is 0.527 bits per heavy atom. The molecule has 0 aromatic carbocycles. The number of allylic oxidation sites excluding steroid dienone is 20. The van der Waals surface area contributed by atoms with E-state index in [1.165, 1.54) is 109 Å². The molecule has 6 heteroatoms. The molecule has 0 aromatic heterocycles. The average molecular weight is 1030 g/mol. The Labute approximate surface area is 456 Å². The number of ether oxygens (including phenoxy) is 3. The second kappa shape index (κ2) is 61.4. The van der Waals surface area contributed by atoms with Crippen LogP contribution in [0.15, 0.2) is 122 Å². The maximum atomic E-state index is 12.8. The molecule has 0 rings (SSSR count). The van der Waals surface area contributed by atoms with E-state index in [1.807, 2.05) is 0 Å². The van der Waals surface area contributed by atoms with Crippen molar-refractivity contribution in [3.8, 4) is 0 Å². The van der Waals surface area contributed by atoms with Crippen LogP contribution in [-0.4, -0.2) is 37.2 Å². The molecule has 420 valence electrons. The molecule has 0 aliphatic heterocycles. The van der Waals surface area contributed by atoms with Crippen molar-refractivity contribution in [3.05, 3.63) is 122 Å². The zero-order chi connectivity index (χ0) is 53.6. The van der Waals surface area contributed by atoms with Crippen molar-refractivity contribution in [3.63, 3.8) is 0 Å². The molecule has 0 N–H and O–H groups in total. The second-order valence-corrected chi connectivity index (χ2v) is 19.9. The number of rotatable bonds is 54. The molecule has 0 saturated carbocycles. The predicted molar refractivity (Wildman–Crippen MR) is 320 cm³/mol. The summed E-state index contributed by atoms with van der Waals surface area (Å²) in [6.07, 6.45) is 84.9. The molecule has 1 atom stereocenters. The van der Waals surface area contributed by atoms with Crippen LogP contribution < -0.4 is 0 Å². The summed E-state index contributed by atoms with van der Waals surface area (Å²) >= 11 is 0. The molecular formula is C68H112O6. The van der Waals surface area contributed by atoms with Gasteiger partial charge in [-0.25, -0.2) is 0 Å². The Morgan fingerprint density at radius 1 is 0.284 bits per heavy atom. The third-order valence-electron chi connectivity index (χ3n) is 12.7. The van der Waals surface area contributed by atoms with Gasteiger partial charge in [0.05, 0.1) is 0 Å². The molecule has 0 aliphatic carbocycles. The van der Waals surface area contributed by atoms with Gasteiger partial charge in [0.2, 0.25) is 0 Å². The first-order valence-corrected chi connectivity index (χ1v) is 30.5. The van der Waals surface area contributed by atoms with Gasteiger partial charge in [-0.15, -0.1) is 0 Å². The normalized spacial score (nSPS) is 13.0. The summed E-state index contributed by atoms with van der Waals surface area (Å²) in [6.45, 7) is 6.37. The minimum atomic E-state index is -0.802. The SMILES string of the molecule is CC/C=C\C/C=C\C/C=C\C/C=C\C/C=C\C/C=C\CCCCCCCCCCCCC(=O)OCC(COC(=O)CCCCCCCCCCCCCC)OC(=O)CCCC/C=C\C/C=C\C/C=C\C/C=C\CC. The number of carbonyl (C=O) groups is 3. The molecule has 1 unspecified atom stereocenters. The molecule has 0 fully saturated rings. The fourth-order valence-electron chi connectivity index (χ4n) is 8.20. The minimum absolute atomic E-state index is 0.0957. The molecule has 0 radical (unpaired) electrons. The lowest BCUT2D eigenvalue weighted by Crippen LogP contribution is -2.30. The lowest BCUT2D eigenvalue weighted by molar-refractivity contribution is -0.167. The number of hydrogen-bond donors (Lipinski definition) is 0. The minimum Gasteiger partial charge on any atom is -0.462 e. The summed E-state index contributed by atoms with van der Waals surface area (Å²) in [5, 5.41) is 0. The Hall–Kier alpha value is -4.19. The molecule has 0 heterocycles. The van der Waals surface area contributed by atoms with Gasteiger partial charge in [0.25, 0.3) is 0 Å². The first kappa shape index (κ1) is 69.8. The smallest absolute Gasteiger partial charge is 0.306 e. The summed E-state index contributed by atoms with van der Waals surface area (Å²) in [7, 11) is 0. The Morgan fingerprint density at radius 3 is 0.851 bits per heavy atom. The van der Waals surface area contributed by atoms with Crippen molar-refractivity contribution >= 4 is 17.9 Å². The fraction of sp³-hybridized carbons (Fsp3) is 0.662. The van der Waals surface area contributed by atoms with E-state index >= 15 is 0 Å². The third-order valence-corrected chi connectivity index (χ3v) is 12.7. The molecule has 0 amide bonds. The molecule has 6 nitrogen and oxygen atoms in total. The van der Waals surface area contributed by atoms with E-state index in [0.29, 0.717) is 19.3 Å². The molecule has 0 bridgehead atoms. The van der Waals surface area contributed by atoms with Gasteiger partial charge in [-0.1, -0.05) is 264 Å². The summed E-state index contributed by atoms with van der Waals surface area (Å²) in [6, 6.07) is 0. The van der Waals surface area contributed by atoms with E-state index in [1.54, 1.807) is 0 Å². The highest BCUT2D eigenvalue weighted by atomic mass is 16.6. The molecule has 74 heavy (non-hydrogen) atoms. The molecule has 0 saturated heterocycles. The van der Waals surface area contributed by atoms with Crippen LogP contribution in [0.5, 0.6) is 0 Å². The molecular weight excluding hydrogens is 913 g/mol. The fourth-order valence-corrected chi connectivity index (χ4v) is 8.20. The van der Waals surface area contributed by atoms with E-state index < -0.39 is 6.10 Å². The van der Waals surface area contributed by atoms with Crippen LogP contribution in [0.3, 0.4) is 0 Å². The van der Waals surface area contributed by atoms with Crippen LogP contribution in [0.1, 0.15) is 271 Å². The van der Waals surface area contributed by atoms with Gasteiger partial charge >= 0.3 is 17.9 Å². The summed E-state index contributed by atoms with van der Waals surface area (Å²) in [5.74, 6) is -0.941. The molecule has 0 spiro atoms. The second-order valence-electron chi connectivity index (χ2n) is 19.9. The number of carbonyl (C=O) groups excluding carboxylic acids is 3. The highest BCUT2D eigenvalue weighted by Gasteiger charge is 2.19. The first-order chi connectivity index (χ1) is 36.5. The zero-order valence-electron chi connectivity index (χ0n) is 48.1. The van der Waals surface area contributed by atoms with Crippen molar-refractivity contribution in [2.45, 2.75) is 277 Å². The monoisotopic (exact) mass is 1020 g/mol. The number of esters is 3.